The van der Waals surface area contributed by atoms with E-state index in [4.69, 9.17) is 0 Å². The van der Waals surface area contributed by atoms with E-state index >= 15 is 0 Å². The van der Waals surface area contributed by atoms with Crippen molar-refractivity contribution in [1.29, 1.82) is 0 Å². The molecule has 2 aromatic carbocycles. The Balaban J connectivity index is 1.75. The summed E-state index contributed by atoms with van der Waals surface area (Å²) in [6.07, 6.45) is 3.36. The zero-order valence-electron chi connectivity index (χ0n) is 15.3. The van der Waals surface area contributed by atoms with Gasteiger partial charge in [-0.25, -0.2) is 8.42 Å². The lowest BCUT2D eigenvalue weighted by Crippen LogP contribution is -2.46. The van der Waals surface area contributed by atoms with Gasteiger partial charge in [-0.1, -0.05) is 37.3 Å². The normalized spacial score (nSPS) is 21.1. The maximum Gasteiger partial charge on any atom is 0.269 e. The van der Waals surface area contributed by atoms with Crippen molar-refractivity contribution < 1.29 is 13.3 Å². The van der Waals surface area contributed by atoms with E-state index < -0.39 is 14.9 Å². The zero-order chi connectivity index (χ0) is 19.4. The highest BCUT2D eigenvalue weighted by Crippen LogP contribution is 2.32. The SMILES string of the molecule is CC[C@H]1C[C@H](Cc2ccccc2)CCN1S(=O)(=O)c1ccc([N+](=O)[O-])cc1. The van der Waals surface area contributed by atoms with Gasteiger partial charge in [0.05, 0.1) is 9.82 Å². The number of sulfonamides is 1. The van der Waals surface area contributed by atoms with E-state index in [1.54, 1.807) is 4.31 Å². The second kappa shape index (κ2) is 8.19. The van der Waals surface area contributed by atoms with Crippen LogP contribution in [0.1, 0.15) is 31.7 Å². The van der Waals surface area contributed by atoms with Crippen LogP contribution in [0.3, 0.4) is 0 Å². The number of piperidine rings is 1. The third-order valence-electron chi connectivity index (χ3n) is 5.26. The second-order valence-electron chi connectivity index (χ2n) is 7.01. The number of hydrogen-bond donors (Lipinski definition) is 0. The summed E-state index contributed by atoms with van der Waals surface area (Å²) in [6.45, 7) is 2.49. The standard InChI is InChI=1S/C20H24N2O4S/c1-2-18-15-17(14-16-6-4-3-5-7-16)12-13-21(18)27(25,26)20-10-8-19(9-11-20)22(23)24/h3-11,17-18H,2,12-15H2,1H3/t17-,18-/m0/s1. The molecule has 0 radical (unpaired) electrons. The van der Waals surface area contributed by atoms with Gasteiger partial charge < -0.3 is 0 Å². The number of non-ortho nitro benzene ring substituents is 1. The minimum Gasteiger partial charge on any atom is -0.258 e. The van der Waals surface area contributed by atoms with Crippen LogP contribution < -0.4 is 0 Å². The Bertz CT molecular complexity index is 882. The smallest absolute Gasteiger partial charge is 0.258 e. The molecule has 1 saturated heterocycles. The first-order valence-electron chi connectivity index (χ1n) is 9.22. The molecule has 0 saturated carbocycles. The van der Waals surface area contributed by atoms with E-state index in [9.17, 15) is 18.5 Å². The topological polar surface area (TPSA) is 80.5 Å². The fourth-order valence-electron chi connectivity index (χ4n) is 3.81. The highest BCUT2D eigenvalue weighted by Gasteiger charge is 2.36. The Labute approximate surface area is 160 Å². The summed E-state index contributed by atoms with van der Waals surface area (Å²) in [7, 11) is -3.65. The summed E-state index contributed by atoms with van der Waals surface area (Å²) in [5.41, 5.74) is 1.17. The van der Waals surface area contributed by atoms with E-state index in [2.05, 4.69) is 12.1 Å². The summed E-state index contributed by atoms with van der Waals surface area (Å²) in [6, 6.07) is 15.4. The Morgan fingerprint density at radius 2 is 1.78 bits per heavy atom. The summed E-state index contributed by atoms with van der Waals surface area (Å²) >= 11 is 0. The third-order valence-corrected chi connectivity index (χ3v) is 7.23. The molecule has 1 fully saturated rings. The molecular formula is C20H24N2O4S. The van der Waals surface area contributed by atoms with Gasteiger partial charge in [-0.05, 0) is 49.3 Å². The van der Waals surface area contributed by atoms with Crippen LogP contribution in [0, 0.1) is 16.0 Å². The molecule has 0 spiro atoms. The first-order valence-corrected chi connectivity index (χ1v) is 10.7. The Morgan fingerprint density at radius 3 is 2.37 bits per heavy atom. The van der Waals surface area contributed by atoms with Crippen LogP contribution in [-0.2, 0) is 16.4 Å². The molecular weight excluding hydrogens is 364 g/mol. The van der Waals surface area contributed by atoms with Crippen molar-refractivity contribution in [3.05, 3.63) is 70.3 Å². The lowest BCUT2D eigenvalue weighted by molar-refractivity contribution is -0.384. The van der Waals surface area contributed by atoms with Crippen molar-refractivity contribution in [2.75, 3.05) is 6.54 Å². The van der Waals surface area contributed by atoms with Crippen molar-refractivity contribution in [2.45, 2.75) is 43.5 Å². The molecule has 1 aliphatic rings. The quantitative estimate of drug-likeness (QED) is 0.553. The molecule has 1 aliphatic heterocycles. The minimum atomic E-state index is -3.65. The van der Waals surface area contributed by atoms with Crippen LogP contribution in [0.15, 0.2) is 59.5 Å². The molecule has 7 heteroatoms. The Hall–Kier alpha value is -2.25. The van der Waals surface area contributed by atoms with Gasteiger partial charge in [-0.15, -0.1) is 0 Å². The van der Waals surface area contributed by atoms with Gasteiger partial charge in [0.1, 0.15) is 0 Å². The molecule has 2 aromatic rings. The van der Waals surface area contributed by atoms with E-state index in [1.807, 2.05) is 25.1 Å². The van der Waals surface area contributed by atoms with Crippen molar-refractivity contribution in [3.63, 3.8) is 0 Å². The maximum absolute atomic E-state index is 13.1. The van der Waals surface area contributed by atoms with Crippen molar-refractivity contribution in [2.24, 2.45) is 5.92 Å². The lowest BCUT2D eigenvalue weighted by atomic mass is 9.86. The molecule has 0 amide bonds. The van der Waals surface area contributed by atoms with E-state index in [0.29, 0.717) is 12.5 Å². The van der Waals surface area contributed by atoms with E-state index in [1.165, 1.54) is 29.8 Å². The van der Waals surface area contributed by atoms with Crippen molar-refractivity contribution in [3.8, 4) is 0 Å². The maximum atomic E-state index is 13.1. The van der Waals surface area contributed by atoms with Crippen molar-refractivity contribution >= 4 is 15.7 Å². The Morgan fingerprint density at radius 1 is 1.11 bits per heavy atom. The zero-order valence-corrected chi connectivity index (χ0v) is 16.1. The van der Waals surface area contributed by atoms with Gasteiger partial charge in [-0.2, -0.15) is 4.31 Å². The summed E-state index contributed by atoms with van der Waals surface area (Å²) < 4.78 is 27.7. The van der Waals surface area contributed by atoms with Gasteiger partial charge in [0, 0.05) is 24.7 Å². The average Bonchev–Trinajstić information content (AvgIpc) is 2.68. The average molecular weight is 388 g/mol. The van der Waals surface area contributed by atoms with E-state index in [-0.39, 0.29) is 16.6 Å². The highest BCUT2D eigenvalue weighted by molar-refractivity contribution is 7.89. The fourth-order valence-corrected chi connectivity index (χ4v) is 5.53. The largest absolute Gasteiger partial charge is 0.269 e. The van der Waals surface area contributed by atoms with Gasteiger partial charge in [0.2, 0.25) is 10.0 Å². The molecule has 1 heterocycles. The fraction of sp³-hybridized carbons (Fsp3) is 0.400. The first kappa shape index (κ1) is 19.5. The highest BCUT2D eigenvalue weighted by atomic mass is 32.2. The van der Waals surface area contributed by atoms with Crippen molar-refractivity contribution in [1.82, 2.24) is 4.31 Å². The molecule has 0 aliphatic carbocycles. The molecule has 3 rings (SSSR count). The summed E-state index contributed by atoms with van der Waals surface area (Å²) in [4.78, 5) is 10.4. The van der Waals surface area contributed by atoms with Crippen LogP contribution in [-0.4, -0.2) is 30.2 Å². The van der Waals surface area contributed by atoms with Gasteiger partial charge >= 0.3 is 0 Å². The van der Waals surface area contributed by atoms with Gasteiger partial charge in [-0.3, -0.25) is 10.1 Å². The molecule has 27 heavy (non-hydrogen) atoms. The molecule has 144 valence electrons. The number of nitro groups is 1. The Kier molecular flexibility index (Phi) is 5.92. The van der Waals surface area contributed by atoms with Crippen LogP contribution >= 0.6 is 0 Å². The molecule has 6 nitrogen and oxygen atoms in total. The number of nitrogens with zero attached hydrogens (tertiary/aromatic N) is 2. The third kappa shape index (κ3) is 4.36. The van der Waals surface area contributed by atoms with Crippen LogP contribution in [0.2, 0.25) is 0 Å². The lowest BCUT2D eigenvalue weighted by Gasteiger charge is -2.38. The minimum absolute atomic E-state index is 0.0485. The molecule has 0 aromatic heterocycles. The number of hydrogen-bond acceptors (Lipinski definition) is 4. The van der Waals surface area contributed by atoms with Crippen LogP contribution in [0.5, 0.6) is 0 Å². The van der Waals surface area contributed by atoms with Gasteiger partial charge in [0.15, 0.2) is 0 Å². The second-order valence-corrected chi connectivity index (χ2v) is 8.90. The number of nitro benzene ring substituents is 1. The monoisotopic (exact) mass is 388 g/mol. The predicted molar refractivity (Wildman–Crippen MR) is 104 cm³/mol. The first-order chi connectivity index (χ1) is 12.9. The van der Waals surface area contributed by atoms with Gasteiger partial charge in [0.25, 0.3) is 5.69 Å². The molecule has 0 unspecified atom stereocenters. The molecule has 0 N–H and O–H groups in total. The number of rotatable bonds is 6. The van der Waals surface area contributed by atoms with E-state index in [0.717, 1.165) is 25.7 Å². The van der Waals surface area contributed by atoms with Crippen LogP contribution in [0.25, 0.3) is 0 Å². The predicted octanol–water partition coefficient (Wildman–Crippen LogP) is 4.02. The molecule has 2 atom stereocenters. The van der Waals surface area contributed by atoms with Crippen LogP contribution in [0.4, 0.5) is 5.69 Å². The summed E-state index contributed by atoms with van der Waals surface area (Å²) in [5, 5.41) is 10.8. The summed E-state index contributed by atoms with van der Waals surface area (Å²) in [5.74, 6) is 0.459. The molecule has 0 bridgehead atoms. The number of benzene rings is 2.